The van der Waals surface area contributed by atoms with Crippen LogP contribution in [0.15, 0.2) is 36.5 Å². The fourth-order valence-corrected chi connectivity index (χ4v) is 3.46. The van der Waals surface area contributed by atoms with E-state index >= 15 is 0 Å². The van der Waals surface area contributed by atoms with Crippen LogP contribution < -0.4 is 10.6 Å². The predicted octanol–water partition coefficient (Wildman–Crippen LogP) is 5.98. The van der Waals surface area contributed by atoms with Gasteiger partial charge in [0.15, 0.2) is 0 Å². The van der Waals surface area contributed by atoms with Crippen LogP contribution in [0.3, 0.4) is 0 Å². The van der Waals surface area contributed by atoms with Crippen molar-refractivity contribution in [3.63, 3.8) is 0 Å². The van der Waals surface area contributed by atoms with Crippen LogP contribution in [0.1, 0.15) is 37.1 Å². The third-order valence-corrected chi connectivity index (χ3v) is 5.25. The molecule has 1 aliphatic heterocycles. The second-order valence-electron chi connectivity index (χ2n) is 6.54. The number of benzene rings is 1. The largest absolute Gasteiger partial charge is 0.355 e. The molecule has 27 heavy (non-hydrogen) atoms. The van der Waals surface area contributed by atoms with Gasteiger partial charge in [-0.2, -0.15) is 0 Å². The third-order valence-electron chi connectivity index (χ3n) is 4.66. The molecule has 0 amide bonds. The average Bonchev–Trinajstić information content (AvgIpc) is 3.14. The minimum atomic E-state index is 0.826. The first-order valence-corrected chi connectivity index (χ1v) is 9.91. The van der Waals surface area contributed by atoms with Crippen molar-refractivity contribution >= 4 is 39.6 Å². The minimum Gasteiger partial charge on any atom is -0.355 e. The molecule has 3 aromatic rings. The van der Waals surface area contributed by atoms with Crippen LogP contribution >= 0.6 is 11.6 Å². The molecule has 3 N–H and O–H groups in total. The molecule has 0 saturated heterocycles. The zero-order valence-corrected chi connectivity index (χ0v) is 17.2. The summed E-state index contributed by atoms with van der Waals surface area (Å²) in [6, 6.07) is 8.35. The zero-order valence-electron chi connectivity index (χ0n) is 16.4. The average molecular weight is 383 g/mol. The van der Waals surface area contributed by atoms with Crippen LogP contribution in [0, 0.1) is 13.8 Å². The van der Waals surface area contributed by atoms with E-state index in [9.17, 15) is 0 Å². The van der Waals surface area contributed by atoms with Gasteiger partial charge in [-0.15, -0.1) is 0 Å². The smallest absolute Gasteiger partial charge is 0.139 e. The SMILES string of the molecule is CC.Cc1cc(Nc2ccnc3[nH]c(C4=CCNCC4)cc23)cc(C)c1Cl. The van der Waals surface area contributed by atoms with Crippen LogP contribution in [0.25, 0.3) is 16.6 Å². The van der Waals surface area contributed by atoms with E-state index in [4.69, 9.17) is 11.6 Å². The first-order chi connectivity index (χ1) is 13.1. The number of nitrogens with zero attached hydrogens (tertiary/aromatic N) is 1. The van der Waals surface area contributed by atoms with Crippen molar-refractivity contribution < 1.29 is 0 Å². The van der Waals surface area contributed by atoms with Crippen LogP contribution in [0.2, 0.25) is 5.02 Å². The molecule has 0 aliphatic carbocycles. The number of halogens is 1. The summed E-state index contributed by atoms with van der Waals surface area (Å²) < 4.78 is 0. The summed E-state index contributed by atoms with van der Waals surface area (Å²) in [6.45, 7) is 10.00. The Balaban J connectivity index is 0.00000102. The van der Waals surface area contributed by atoms with E-state index in [0.717, 1.165) is 63.8 Å². The number of aromatic nitrogens is 2. The number of aryl methyl sites for hydroxylation is 2. The van der Waals surface area contributed by atoms with Gasteiger partial charge in [-0.25, -0.2) is 4.98 Å². The van der Waals surface area contributed by atoms with Gasteiger partial charge in [0.25, 0.3) is 0 Å². The van der Waals surface area contributed by atoms with Gasteiger partial charge >= 0.3 is 0 Å². The molecule has 3 heterocycles. The lowest BCUT2D eigenvalue weighted by Gasteiger charge is -2.12. The summed E-state index contributed by atoms with van der Waals surface area (Å²) in [7, 11) is 0. The Morgan fingerprint density at radius 2 is 1.85 bits per heavy atom. The zero-order chi connectivity index (χ0) is 19.4. The highest BCUT2D eigenvalue weighted by atomic mass is 35.5. The molecule has 0 spiro atoms. The summed E-state index contributed by atoms with van der Waals surface area (Å²) in [5.41, 5.74) is 7.64. The van der Waals surface area contributed by atoms with E-state index < -0.39 is 0 Å². The number of hydrogen-bond acceptors (Lipinski definition) is 3. The Kier molecular flexibility index (Phi) is 6.19. The summed E-state index contributed by atoms with van der Waals surface area (Å²) >= 11 is 6.28. The number of anilines is 2. The van der Waals surface area contributed by atoms with E-state index in [0.29, 0.717) is 0 Å². The van der Waals surface area contributed by atoms with Crippen molar-refractivity contribution in [3.05, 3.63) is 58.4 Å². The standard InChI is InChI=1S/C20H21ClN4.C2H6/c1-12-9-15(10-13(2)19(12)21)24-17-5-8-23-20-16(17)11-18(25-20)14-3-6-22-7-4-14;1-2/h3,5,8-11,22H,4,6-7H2,1-2H3,(H2,23,24,25);1-2H3. The van der Waals surface area contributed by atoms with Crippen molar-refractivity contribution in [1.82, 2.24) is 15.3 Å². The van der Waals surface area contributed by atoms with Crippen LogP contribution in [0.4, 0.5) is 11.4 Å². The Labute approximate surface area is 166 Å². The van der Waals surface area contributed by atoms with Gasteiger partial charge in [-0.1, -0.05) is 31.5 Å². The molecular weight excluding hydrogens is 356 g/mol. The number of nitrogens with one attached hydrogen (secondary N) is 3. The Bertz CT molecular complexity index is 949. The predicted molar refractivity (Wildman–Crippen MR) is 117 cm³/mol. The van der Waals surface area contributed by atoms with Gasteiger partial charge in [0.05, 0.1) is 5.69 Å². The van der Waals surface area contributed by atoms with Crippen molar-refractivity contribution in [3.8, 4) is 0 Å². The number of pyridine rings is 1. The topological polar surface area (TPSA) is 52.7 Å². The molecule has 4 nitrogen and oxygen atoms in total. The van der Waals surface area contributed by atoms with Crippen molar-refractivity contribution in [2.75, 3.05) is 18.4 Å². The van der Waals surface area contributed by atoms with E-state index in [1.165, 1.54) is 5.57 Å². The number of hydrogen-bond donors (Lipinski definition) is 3. The maximum atomic E-state index is 6.28. The normalized spacial score (nSPS) is 13.7. The van der Waals surface area contributed by atoms with Crippen molar-refractivity contribution in [1.29, 1.82) is 0 Å². The van der Waals surface area contributed by atoms with E-state index in [1.54, 1.807) is 0 Å². The molecule has 4 rings (SSSR count). The number of fused-ring (bicyclic) bond motifs is 1. The monoisotopic (exact) mass is 382 g/mol. The number of H-pyrrole nitrogens is 1. The van der Waals surface area contributed by atoms with E-state index in [-0.39, 0.29) is 0 Å². The maximum absolute atomic E-state index is 6.28. The summed E-state index contributed by atoms with van der Waals surface area (Å²) in [5.74, 6) is 0. The van der Waals surface area contributed by atoms with Crippen LogP contribution in [0.5, 0.6) is 0 Å². The molecule has 0 saturated carbocycles. The van der Waals surface area contributed by atoms with Gasteiger partial charge in [-0.05, 0) is 67.8 Å². The van der Waals surface area contributed by atoms with Crippen LogP contribution in [-0.2, 0) is 0 Å². The lowest BCUT2D eigenvalue weighted by atomic mass is 10.1. The van der Waals surface area contributed by atoms with Crippen molar-refractivity contribution in [2.24, 2.45) is 0 Å². The maximum Gasteiger partial charge on any atom is 0.139 e. The minimum absolute atomic E-state index is 0.826. The van der Waals surface area contributed by atoms with Gasteiger partial charge in [-0.3, -0.25) is 0 Å². The highest BCUT2D eigenvalue weighted by Gasteiger charge is 2.12. The fourth-order valence-electron chi connectivity index (χ4n) is 3.35. The van der Waals surface area contributed by atoms with Gasteiger partial charge in [0.1, 0.15) is 5.65 Å². The van der Waals surface area contributed by atoms with Crippen molar-refractivity contribution in [2.45, 2.75) is 34.1 Å². The van der Waals surface area contributed by atoms with Crippen LogP contribution in [-0.4, -0.2) is 23.1 Å². The molecule has 2 aromatic heterocycles. The van der Waals surface area contributed by atoms with E-state index in [2.05, 4.69) is 44.9 Å². The summed E-state index contributed by atoms with van der Waals surface area (Å²) in [6.07, 6.45) is 5.11. The second-order valence-corrected chi connectivity index (χ2v) is 6.91. The molecule has 0 unspecified atom stereocenters. The molecular formula is C22H27ClN4. The molecule has 1 aromatic carbocycles. The molecule has 0 radical (unpaired) electrons. The number of aromatic amines is 1. The summed E-state index contributed by atoms with van der Waals surface area (Å²) in [5, 5.41) is 8.80. The number of rotatable bonds is 3. The van der Waals surface area contributed by atoms with Gasteiger partial charge in [0, 0.05) is 34.5 Å². The molecule has 0 fully saturated rings. The second kappa shape index (κ2) is 8.59. The molecule has 1 aliphatic rings. The quantitative estimate of drug-likeness (QED) is 0.522. The first-order valence-electron chi connectivity index (χ1n) is 9.53. The highest BCUT2D eigenvalue weighted by molar-refractivity contribution is 6.32. The van der Waals surface area contributed by atoms with E-state index in [1.807, 2.05) is 40.0 Å². The molecule has 142 valence electrons. The lowest BCUT2D eigenvalue weighted by molar-refractivity contribution is 0.737. The fraction of sp³-hybridized carbons (Fsp3) is 0.318. The first kappa shape index (κ1) is 19.5. The Morgan fingerprint density at radius 3 is 2.52 bits per heavy atom. The molecule has 0 atom stereocenters. The lowest BCUT2D eigenvalue weighted by Crippen LogP contribution is -2.20. The third kappa shape index (κ3) is 4.18. The Hall–Kier alpha value is -2.30. The van der Waals surface area contributed by atoms with Gasteiger partial charge < -0.3 is 15.6 Å². The highest BCUT2D eigenvalue weighted by Crippen LogP contribution is 2.31. The summed E-state index contributed by atoms with van der Waals surface area (Å²) in [4.78, 5) is 7.94. The Morgan fingerprint density at radius 1 is 1.11 bits per heavy atom. The molecule has 0 bridgehead atoms. The molecule has 5 heteroatoms. The van der Waals surface area contributed by atoms with Gasteiger partial charge in [0.2, 0.25) is 0 Å².